The predicted octanol–water partition coefficient (Wildman–Crippen LogP) is -0.547. The molecule has 2 atom stereocenters. The van der Waals surface area contributed by atoms with Gasteiger partial charge in [-0.2, -0.15) is 5.26 Å². The third-order valence-corrected chi connectivity index (χ3v) is 4.50. The number of ether oxygens (including phenoxy) is 1. The summed E-state index contributed by atoms with van der Waals surface area (Å²) in [6, 6.07) is 10.3. The maximum absolute atomic E-state index is 9.26. The first-order valence-electron chi connectivity index (χ1n) is 6.71. The summed E-state index contributed by atoms with van der Waals surface area (Å²) in [5.74, 6) is 0.833. The molecule has 0 saturated carbocycles. The molecule has 0 spiro atoms. The van der Waals surface area contributed by atoms with Crippen LogP contribution in [0.4, 0.5) is 0 Å². The standard InChI is InChI=1S/C15H19N3OS.ClH/c1-17-9-3-4-13-14(10-16)20-15(18-13)11-5-7-12(19-2)8-6-11;/h5-8,13-14,17H,3-4,9H2,1-2H3;1H/p-1. The summed E-state index contributed by atoms with van der Waals surface area (Å²) in [5.41, 5.74) is 1.06. The van der Waals surface area contributed by atoms with Crippen molar-refractivity contribution in [2.75, 3.05) is 20.7 Å². The van der Waals surface area contributed by atoms with Crippen LogP contribution in [0, 0.1) is 11.3 Å². The Morgan fingerprint density at radius 2 is 2.10 bits per heavy atom. The SMILES string of the molecule is CNCCCC1N=C(c2ccc(OC)cc2)SC1C#N.[Cl-]. The minimum atomic E-state index is -0.0658. The molecule has 1 aliphatic rings. The van der Waals surface area contributed by atoms with Gasteiger partial charge in [0, 0.05) is 5.56 Å². The lowest BCUT2D eigenvalue weighted by atomic mass is 10.1. The zero-order chi connectivity index (χ0) is 14.4. The van der Waals surface area contributed by atoms with Crippen LogP contribution in [0.25, 0.3) is 0 Å². The van der Waals surface area contributed by atoms with Gasteiger partial charge in [-0.15, -0.1) is 0 Å². The summed E-state index contributed by atoms with van der Waals surface area (Å²) in [7, 11) is 3.59. The Labute approximate surface area is 136 Å². The first-order valence-corrected chi connectivity index (χ1v) is 7.59. The van der Waals surface area contributed by atoms with Gasteiger partial charge in [0.05, 0.1) is 24.3 Å². The van der Waals surface area contributed by atoms with E-state index in [0.29, 0.717) is 0 Å². The van der Waals surface area contributed by atoms with Crippen molar-refractivity contribution in [1.82, 2.24) is 5.32 Å². The van der Waals surface area contributed by atoms with E-state index in [-0.39, 0.29) is 23.7 Å². The lowest BCUT2D eigenvalue weighted by Gasteiger charge is -2.09. The molecular formula is C15H19ClN3OS-. The van der Waals surface area contributed by atoms with E-state index in [0.717, 1.165) is 35.7 Å². The molecule has 21 heavy (non-hydrogen) atoms. The van der Waals surface area contributed by atoms with Crippen LogP contribution < -0.4 is 22.5 Å². The molecule has 114 valence electrons. The van der Waals surface area contributed by atoms with Gasteiger partial charge in [0.1, 0.15) is 11.0 Å². The topological polar surface area (TPSA) is 57.4 Å². The molecule has 4 nitrogen and oxygen atoms in total. The summed E-state index contributed by atoms with van der Waals surface area (Å²) < 4.78 is 5.15. The van der Waals surface area contributed by atoms with Crippen LogP contribution in [-0.2, 0) is 0 Å². The van der Waals surface area contributed by atoms with Crippen molar-refractivity contribution >= 4 is 16.8 Å². The minimum Gasteiger partial charge on any atom is -1.00 e. The normalized spacial score (nSPS) is 20.3. The fourth-order valence-corrected chi connectivity index (χ4v) is 3.26. The number of benzene rings is 1. The molecule has 1 aliphatic heterocycles. The van der Waals surface area contributed by atoms with Crippen LogP contribution in [0.5, 0.6) is 5.75 Å². The lowest BCUT2D eigenvalue weighted by Crippen LogP contribution is -3.00. The van der Waals surface area contributed by atoms with Gasteiger partial charge in [-0.05, 0) is 50.7 Å². The maximum Gasteiger partial charge on any atom is 0.120 e. The third kappa shape index (κ3) is 4.63. The molecule has 1 aromatic carbocycles. The van der Waals surface area contributed by atoms with E-state index in [1.165, 1.54) is 0 Å². The van der Waals surface area contributed by atoms with E-state index in [9.17, 15) is 5.26 Å². The van der Waals surface area contributed by atoms with Gasteiger partial charge in [0.2, 0.25) is 0 Å². The lowest BCUT2D eigenvalue weighted by molar-refractivity contribution is -0.00000466. The number of nitrogens with zero attached hydrogens (tertiary/aromatic N) is 2. The highest BCUT2D eigenvalue weighted by Crippen LogP contribution is 2.32. The average molecular weight is 325 g/mol. The Morgan fingerprint density at radius 1 is 1.38 bits per heavy atom. The van der Waals surface area contributed by atoms with Crippen molar-refractivity contribution in [3.8, 4) is 11.8 Å². The molecule has 1 N–H and O–H groups in total. The number of hydrogen-bond acceptors (Lipinski definition) is 5. The number of hydrogen-bond donors (Lipinski definition) is 1. The van der Waals surface area contributed by atoms with E-state index < -0.39 is 0 Å². The Kier molecular flexibility index (Phi) is 7.58. The van der Waals surface area contributed by atoms with Gasteiger partial charge in [-0.1, -0.05) is 11.8 Å². The van der Waals surface area contributed by atoms with Gasteiger partial charge in [-0.25, -0.2) is 0 Å². The largest absolute Gasteiger partial charge is 1.00 e. The summed E-state index contributed by atoms with van der Waals surface area (Å²) in [5, 5.41) is 13.3. The molecule has 0 amide bonds. The zero-order valence-corrected chi connectivity index (χ0v) is 13.7. The molecular weight excluding hydrogens is 306 g/mol. The molecule has 0 radical (unpaired) electrons. The predicted molar refractivity (Wildman–Crippen MR) is 83.5 cm³/mol. The molecule has 2 unspecified atom stereocenters. The van der Waals surface area contributed by atoms with Gasteiger partial charge in [0.25, 0.3) is 0 Å². The number of nitriles is 1. The average Bonchev–Trinajstić information content (AvgIpc) is 2.91. The Hall–Kier alpha value is -1.22. The molecule has 0 bridgehead atoms. The number of aliphatic imine (C=N–C) groups is 1. The Morgan fingerprint density at radius 3 is 2.67 bits per heavy atom. The second-order valence-electron chi connectivity index (χ2n) is 4.64. The summed E-state index contributed by atoms with van der Waals surface area (Å²) in [6.45, 7) is 0.965. The number of rotatable bonds is 6. The first kappa shape index (κ1) is 17.8. The Balaban J connectivity index is 0.00000220. The zero-order valence-electron chi connectivity index (χ0n) is 12.2. The van der Waals surface area contributed by atoms with Gasteiger partial charge < -0.3 is 22.5 Å². The van der Waals surface area contributed by atoms with Crippen molar-refractivity contribution in [3.05, 3.63) is 29.8 Å². The molecule has 0 saturated heterocycles. The van der Waals surface area contributed by atoms with Crippen molar-refractivity contribution in [1.29, 1.82) is 5.26 Å². The molecule has 2 rings (SSSR count). The maximum atomic E-state index is 9.26. The van der Waals surface area contributed by atoms with Crippen LogP contribution in [-0.4, -0.2) is 37.0 Å². The highest BCUT2D eigenvalue weighted by atomic mass is 35.5. The number of halogens is 1. The molecule has 6 heteroatoms. The van der Waals surface area contributed by atoms with Crippen molar-refractivity contribution in [3.63, 3.8) is 0 Å². The van der Waals surface area contributed by atoms with E-state index in [1.807, 2.05) is 31.3 Å². The van der Waals surface area contributed by atoms with Gasteiger partial charge in [0.15, 0.2) is 0 Å². The van der Waals surface area contributed by atoms with Crippen LogP contribution in [0.15, 0.2) is 29.3 Å². The van der Waals surface area contributed by atoms with E-state index >= 15 is 0 Å². The molecule has 0 fully saturated rings. The van der Waals surface area contributed by atoms with E-state index in [1.54, 1.807) is 18.9 Å². The third-order valence-electron chi connectivity index (χ3n) is 3.26. The molecule has 1 heterocycles. The van der Waals surface area contributed by atoms with Crippen LogP contribution in [0.3, 0.4) is 0 Å². The Bertz CT molecular complexity index is 513. The summed E-state index contributed by atoms with van der Waals surface area (Å²) in [6.07, 6.45) is 1.99. The number of methoxy groups -OCH3 is 1. The van der Waals surface area contributed by atoms with E-state index in [4.69, 9.17) is 9.73 Å². The second kappa shape index (κ2) is 8.93. The highest BCUT2D eigenvalue weighted by molar-refractivity contribution is 8.15. The summed E-state index contributed by atoms with van der Waals surface area (Å²) >= 11 is 1.57. The number of thioether (sulfide) groups is 1. The van der Waals surface area contributed by atoms with Crippen LogP contribution in [0.2, 0.25) is 0 Å². The monoisotopic (exact) mass is 324 g/mol. The van der Waals surface area contributed by atoms with Crippen LogP contribution >= 0.6 is 11.8 Å². The first-order chi connectivity index (χ1) is 9.78. The highest BCUT2D eigenvalue weighted by Gasteiger charge is 2.30. The van der Waals surface area contributed by atoms with Crippen molar-refractivity contribution in [2.45, 2.75) is 24.1 Å². The van der Waals surface area contributed by atoms with Gasteiger partial charge in [-0.3, -0.25) is 4.99 Å². The van der Waals surface area contributed by atoms with Crippen molar-refractivity contribution < 1.29 is 17.1 Å². The molecule has 1 aromatic rings. The number of nitrogens with one attached hydrogen (secondary N) is 1. The van der Waals surface area contributed by atoms with Gasteiger partial charge >= 0.3 is 0 Å². The van der Waals surface area contributed by atoms with E-state index in [2.05, 4.69) is 11.4 Å². The van der Waals surface area contributed by atoms with Crippen LogP contribution in [0.1, 0.15) is 18.4 Å². The summed E-state index contributed by atoms with van der Waals surface area (Å²) in [4.78, 5) is 4.73. The fraction of sp³-hybridized carbons (Fsp3) is 0.467. The van der Waals surface area contributed by atoms with Crippen molar-refractivity contribution in [2.24, 2.45) is 4.99 Å². The minimum absolute atomic E-state index is 0. The quantitative estimate of drug-likeness (QED) is 0.714. The smallest absolute Gasteiger partial charge is 0.120 e. The molecule has 0 aliphatic carbocycles. The second-order valence-corrected chi connectivity index (χ2v) is 5.77. The molecule has 0 aromatic heterocycles. The fourth-order valence-electron chi connectivity index (χ4n) is 2.14.